The Morgan fingerprint density at radius 2 is 1.43 bits per heavy atom. The Morgan fingerprint density at radius 1 is 0.765 bits per heavy atom. The standard InChI is InChI=1S/C45H75NO4S/c1-32(2)33-19-24-45(31-50-39(49)16-14-12-10-8-9-11-13-15-38(48)46-27-29-51-30-28-46)26-25-43(6)34(40(33)45)17-18-36-42(5)22-21-37(47)41(3,4)35(42)20-23-44(36,43)7/h33-37,40,47H,1,8-31H2,2-7H3/t33-,34+,35-,36+,37-,40+,42-,43+,44+,45+/m0/s1. The minimum atomic E-state index is -0.179. The summed E-state index contributed by atoms with van der Waals surface area (Å²) < 4.78 is 6.28. The van der Waals surface area contributed by atoms with Crippen molar-refractivity contribution in [2.75, 3.05) is 31.2 Å². The van der Waals surface area contributed by atoms with Crippen LogP contribution < -0.4 is 0 Å². The molecule has 1 aliphatic heterocycles. The Bertz CT molecular complexity index is 1260. The third kappa shape index (κ3) is 7.27. The molecule has 0 radical (unpaired) electrons. The van der Waals surface area contributed by atoms with E-state index >= 15 is 0 Å². The van der Waals surface area contributed by atoms with E-state index < -0.39 is 0 Å². The van der Waals surface area contributed by atoms with Crippen molar-refractivity contribution in [2.45, 2.75) is 170 Å². The van der Waals surface area contributed by atoms with Crippen molar-refractivity contribution in [1.29, 1.82) is 0 Å². The largest absolute Gasteiger partial charge is 0.465 e. The number of hydrogen-bond acceptors (Lipinski definition) is 5. The van der Waals surface area contributed by atoms with Gasteiger partial charge < -0.3 is 14.7 Å². The van der Waals surface area contributed by atoms with Crippen molar-refractivity contribution in [3.8, 4) is 0 Å². The van der Waals surface area contributed by atoms with Gasteiger partial charge in [0, 0.05) is 42.9 Å². The summed E-state index contributed by atoms with van der Waals surface area (Å²) in [6.45, 7) is 22.0. The second-order valence-electron chi connectivity index (χ2n) is 20.1. The van der Waals surface area contributed by atoms with Gasteiger partial charge in [0.15, 0.2) is 0 Å². The van der Waals surface area contributed by atoms with E-state index in [2.05, 4.69) is 48.1 Å². The van der Waals surface area contributed by atoms with Gasteiger partial charge in [-0.2, -0.15) is 11.8 Å². The lowest BCUT2D eigenvalue weighted by Gasteiger charge is -2.73. The maximum Gasteiger partial charge on any atom is 0.305 e. The van der Waals surface area contributed by atoms with Crippen LogP contribution in [0.15, 0.2) is 12.2 Å². The van der Waals surface area contributed by atoms with Gasteiger partial charge >= 0.3 is 5.97 Å². The molecule has 6 rings (SSSR count). The topological polar surface area (TPSA) is 66.8 Å². The molecule has 0 aromatic rings. The van der Waals surface area contributed by atoms with Gasteiger partial charge in [-0.15, -0.1) is 0 Å². The molecule has 0 unspecified atom stereocenters. The van der Waals surface area contributed by atoms with E-state index in [0.717, 1.165) is 63.1 Å². The Morgan fingerprint density at radius 3 is 2.12 bits per heavy atom. The monoisotopic (exact) mass is 726 g/mol. The summed E-state index contributed by atoms with van der Waals surface area (Å²) in [6, 6.07) is 0. The summed E-state index contributed by atoms with van der Waals surface area (Å²) >= 11 is 1.95. The van der Waals surface area contributed by atoms with Crippen LogP contribution in [-0.4, -0.2) is 59.2 Å². The van der Waals surface area contributed by atoms with E-state index in [1.54, 1.807) is 0 Å². The van der Waals surface area contributed by atoms with Gasteiger partial charge in [-0.1, -0.05) is 78.9 Å². The highest BCUT2D eigenvalue weighted by Crippen LogP contribution is 2.77. The first-order valence-electron chi connectivity index (χ1n) is 21.5. The molecule has 51 heavy (non-hydrogen) atoms. The van der Waals surface area contributed by atoms with Crippen LogP contribution in [0.3, 0.4) is 0 Å². The minimum absolute atomic E-state index is 0.00822. The van der Waals surface area contributed by atoms with Crippen LogP contribution in [0.25, 0.3) is 0 Å². The van der Waals surface area contributed by atoms with Crippen LogP contribution in [0, 0.1) is 56.7 Å². The number of amides is 1. The highest BCUT2D eigenvalue weighted by atomic mass is 32.2. The lowest BCUT2D eigenvalue weighted by molar-refractivity contribution is -0.250. The van der Waals surface area contributed by atoms with E-state index in [9.17, 15) is 14.7 Å². The Labute approximate surface area is 316 Å². The first-order valence-corrected chi connectivity index (χ1v) is 22.7. The zero-order valence-electron chi connectivity index (χ0n) is 33.7. The summed E-state index contributed by atoms with van der Waals surface area (Å²) in [5.74, 6) is 5.57. The molecule has 0 spiro atoms. The molecule has 1 N–H and O–H groups in total. The SMILES string of the molecule is C=C(C)[C@@H]1CC[C@]2(COC(=O)CCCCCCCCCC(=O)N3CCSCC3)CC[C@]3(C)[C@H](CC[C@@H]4[C@@]5(C)CC[C@H](O)C(C)(C)[C@@H]5CC[C@]43C)[C@@H]12. The predicted molar refractivity (Wildman–Crippen MR) is 211 cm³/mol. The van der Waals surface area contributed by atoms with Crippen LogP contribution in [-0.2, 0) is 14.3 Å². The lowest BCUT2D eigenvalue weighted by Crippen LogP contribution is -2.66. The molecular weight excluding hydrogens is 651 g/mol. The lowest BCUT2D eigenvalue weighted by atomic mass is 9.32. The second kappa shape index (κ2) is 15.6. The van der Waals surface area contributed by atoms with Gasteiger partial charge in [-0.3, -0.25) is 9.59 Å². The molecule has 1 saturated heterocycles. The fraction of sp³-hybridized carbons (Fsp3) is 0.911. The molecule has 6 fully saturated rings. The number of unbranched alkanes of at least 4 members (excludes halogenated alkanes) is 6. The highest BCUT2D eigenvalue weighted by molar-refractivity contribution is 7.99. The molecule has 0 aromatic heterocycles. The van der Waals surface area contributed by atoms with E-state index in [-0.39, 0.29) is 28.3 Å². The predicted octanol–water partition coefficient (Wildman–Crippen LogP) is 10.6. The average molecular weight is 726 g/mol. The molecule has 1 heterocycles. The number of rotatable bonds is 13. The molecule has 10 atom stereocenters. The number of allylic oxidation sites excluding steroid dienone is 1. The number of esters is 1. The van der Waals surface area contributed by atoms with Crippen LogP contribution in [0.4, 0.5) is 0 Å². The van der Waals surface area contributed by atoms with Crippen molar-refractivity contribution in [3.05, 3.63) is 12.2 Å². The normalized spacial score (nSPS) is 41.5. The van der Waals surface area contributed by atoms with Gasteiger partial charge in [0.05, 0.1) is 12.7 Å². The maximum atomic E-state index is 13.2. The molecule has 5 saturated carbocycles. The number of fused-ring (bicyclic) bond motifs is 7. The molecular formula is C45H75NO4S. The number of aliphatic hydroxyl groups is 1. The molecule has 6 aliphatic rings. The molecule has 5 nitrogen and oxygen atoms in total. The smallest absolute Gasteiger partial charge is 0.305 e. The van der Waals surface area contributed by atoms with Crippen LogP contribution in [0.1, 0.15) is 164 Å². The molecule has 5 aliphatic carbocycles. The quantitative estimate of drug-likeness (QED) is 0.116. The molecule has 0 bridgehead atoms. The van der Waals surface area contributed by atoms with E-state index in [0.29, 0.717) is 65.8 Å². The van der Waals surface area contributed by atoms with Crippen LogP contribution in [0.2, 0.25) is 0 Å². The van der Waals surface area contributed by atoms with Crippen molar-refractivity contribution in [2.24, 2.45) is 56.7 Å². The van der Waals surface area contributed by atoms with E-state index in [1.165, 1.54) is 76.2 Å². The number of carbonyl (C=O) groups is 2. The number of hydrogen-bond donors (Lipinski definition) is 1. The number of nitrogens with zero attached hydrogens (tertiary/aromatic N) is 1. The highest BCUT2D eigenvalue weighted by Gasteiger charge is 2.71. The van der Waals surface area contributed by atoms with Gasteiger partial charge in [-0.05, 0) is 135 Å². The first-order chi connectivity index (χ1) is 24.2. The number of aliphatic hydroxyl groups excluding tert-OH is 1. The van der Waals surface area contributed by atoms with Crippen molar-refractivity contribution in [3.63, 3.8) is 0 Å². The zero-order chi connectivity index (χ0) is 36.7. The van der Waals surface area contributed by atoms with Crippen LogP contribution >= 0.6 is 11.8 Å². The number of carbonyl (C=O) groups excluding carboxylic acids is 2. The Kier molecular flexibility index (Phi) is 12.2. The van der Waals surface area contributed by atoms with Crippen molar-refractivity contribution >= 4 is 23.6 Å². The zero-order valence-corrected chi connectivity index (χ0v) is 34.5. The van der Waals surface area contributed by atoms with Gasteiger partial charge in [-0.25, -0.2) is 0 Å². The Balaban J connectivity index is 1.00. The molecule has 0 aromatic carbocycles. The minimum Gasteiger partial charge on any atom is -0.465 e. The Hall–Kier alpha value is -1.01. The maximum absolute atomic E-state index is 13.2. The van der Waals surface area contributed by atoms with E-state index in [1.807, 2.05) is 16.7 Å². The number of thioether (sulfide) groups is 1. The fourth-order valence-corrected chi connectivity index (χ4v) is 15.1. The van der Waals surface area contributed by atoms with Crippen LogP contribution in [0.5, 0.6) is 0 Å². The molecule has 6 heteroatoms. The van der Waals surface area contributed by atoms with Crippen molar-refractivity contribution in [1.82, 2.24) is 4.90 Å². The van der Waals surface area contributed by atoms with Gasteiger partial charge in [0.25, 0.3) is 0 Å². The third-order valence-electron chi connectivity index (χ3n) is 17.4. The van der Waals surface area contributed by atoms with Gasteiger partial charge in [0.1, 0.15) is 0 Å². The second-order valence-corrected chi connectivity index (χ2v) is 21.3. The summed E-state index contributed by atoms with van der Waals surface area (Å²) in [5.41, 5.74) is 2.30. The summed E-state index contributed by atoms with van der Waals surface area (Å²) in [6.07, 6.45) is 20.8. The average Bonchev–Trinajstić information content (AvgIpc) is 3.49. The molecule has 1 amide bonds. The summed E-state index contributed by atoms with van der Waals surface area (Å²) in [7, 11) is 0. The fourth-order valence-electron chi connectivity index (χ4n) is 14.2. The third-order valence-corrected chi connectivity index (χ3v) is 18.3. The molecule has 290 valence electrons. The van der Waals surface area contributed by atoms with Crippen molar-refractivity contribution < 1.29 is 19.4 Å². The summed E-state index contributed by atoms with van der Waals surface area (Å²) in [5, 5.41) is 11.1. The summed E-state index contributed by atoms with van der Waals surface area (Å²) in [4.78, 5) is 27.6. The number of ether oxygens (including phenoxy) is 1. The van der Waals surface area contributed by atoms with E-state index in [4.69, 9.17) is 4.74 Å². The van der Waals surface area contributed by atoms with Gasteiger partial charge in [0.2, 0.25) is 5.91 Å². The first kappa shape index (κ1) is 39.7.